The summed E-state index contributed by atoms with van der Waals surface area (Å²) >= 11 is 0. The van der Waals surface area contributed by atoms with Gasteiger partial charge in [0, 0.05) is 32.7 Å². The molecule has 2 fully saturated rings. The third-order valence-electron chi connectivity index (χ3n) is 7.89. The molecule has 41 heavy (non-hydrogen) atoms. The maximum absolute atomic E-state index is 13.0. The van der Waals surface area contributed by atoms with Crippen molar-refractivity contribution in [3.05, 3.63) is 95.6 Å². The lowest BCUT2D eigenvalue weighted by atomic mass is 9.88. The van der Waals surface area contributed by atoms with E-state index in [1.54, 1.807) is 6.07 Å². The molecule has 8 nitrogen and oxygen atoms in total. The number of benzene rings is 3. The molecule has 2 atom stereocenters. The van der Waals surface area contributed by atoms with E-state index in [1.807, 2.05) is 41.3 Å². The first-order valence-electron chi connectivity index (χ1n) is 14.2. The molecule has 0 amide bonds. The van der Waals surface area contributed by atoms with Crippen molar-refractivity contribution in [2.75, 3.05) is 51.7 Å². The van der Waals surface area contributed by atoms with Gasteiger partial charge in [0.25, 0.3) is 0 Å². The summed E-state index contributed by atoms with van der Waals surface area (Å²) in [5.74, 6) is -0.0689. The number of nitrogens with zero attached hydrogens (tertiary/aromatic N) is 2. The predicted molar refractivity (Wildman–Crippen MR) is 157 cm³/mol. The van der Waals surface area contributed by atoms with Gasteiger partial charge in [-0.1, -0.05) is 42.5 Å². The van der Waals surface area contributed by atoms with Crippen molar-refractivity contribution in [1.82, 2.24) is 9.80 Å². The summed E-state index contributed by atoms with van der Waals surface area (Å²) in [5, 5.41) is 10.7. The lowest BCUT2D eigenvalue weighted by molar-refractivity contribution is 0.0245. The van der Waals surface area contributed by atoms with Gasteiger partial charge in [0.1, 0.15) is 5.75 Å². The predicted octanol–water partition coefficient (Wildman–Crippen LogP) is 3.44. The summed E-state index contributed by atoms with van der Waals surface area (Å²) in [6.45, 7) is 5.46. The molecule has 3 aromatic rings. The number of likely N-dealkylation sites (tertiary alicyclic amines) is 1. The Morgan fingerprint density at radius 2 is 1.63 bits per heavy atom. The molecule has 0 aromatic heterocycles. The van der Waals surface area contributed by atoms with E-state index >= 15 is 0 Å². The molecule has 0 aliphatic carbocycles. The number of aliphatic hydroxyl groups is 1. The average molecular weight is 579 g/mol. The Labute approximate surface area is 242 Å². The Bertz CT molecular complexity index is 1390. The third-order valence-corrected chi connectivity index (χ3v) is 9.60. The second-order valence-corrected chi connectivity index (χ2v) is 13.0. The number of β-amino-alcohol motifs (C(OH)–C–C–N with tert-alkyl or cyclic N) is 1. The molecule has 218 valence electrons. The van der Waals surface area contributed by atoms with Crippen molar-refractivity contribution in [2.24, 2.45) is 5.92 Å². The molecular weight excluding hydrogens is 540 g/mol. The molecule has 2 heterocycles. The SMILES string of the molecule is O=C(Oc1ccc(S(=O)(=O)CCN2CC[C@H](Cc3ccccc3)[C@H](O)C2)cc1)c1cccc(CN2CCOCC2)c1. The molecule has 5 rings (SSSR count). The summed E-state index contributed by atoms with van der Waals surface area (Å²) in [5.41, 5.74) is 2.68. The minimum Gasteiger partial charge on any atom is -0.423 e. The third kappa shape index (κ3) is 8.24. The number of ether oxygens (including phenoxy) is 2. The van der Waals surface area contributed by atoms with E-state index in [0.29, 0.717) is 31.9 Å². The molecular formula is C32H38N2O6S. The number of hydrogen-bond acceptors (Lipinski definition) is 8. The Morgan fingerprint density at radius 3 is 2.37 bits per heavy atom. The van der Waals surface area contributed by atoms with Gasteiger partial charge in [-0.3, -0.25) is 9.80 Å². The van der Waals surface area contributed by atoms with Crippen LogP contribution in [0.3, 0.4) is 0 Å². The van der Waals surface area contributed by atoms with Gasteiger partial charge in [0.05, 0.1) is 35.5 Å². The number of hydrogen-bond donors (Lipinski definition) is 1. The van der Waals surface area contributed by atoms with Crippen LogP contribution in [0.1, 0.15) is 27.9 Å². The van der Waals surface area contributed by atoms with Gasteiger partial charge < -0.3 is 14.6 Å². The maximum atomic E-state index is 13.0. The van der Waals surface area contributed by atoms with Crippen molar-refractivity contribution in [3.8, 4) is 5.75 Å². The quantitative estimate of drug-likeness (QED) is 0.289. The van der Waals surface area contributed by atoms with E-state index < -0.39 is 21.9 Å². The second-order valence-electron chi connectivity index (χ2n) is 10.9. The Morgan fingerprint density at radius 1 is 0.902 bits per heavy atom. The second kappa shape index (κ2) is 13.7. The molecule has 3 aromatic carbocycles. The normalized spacial score (nSPS) is 20.5. The van der Waals surface area contributed by atoms with Crippen LogP contribution in [0.4, 0.5) is 0 Å². The van der Waals surface area contributed by atoms with Crippen molar-refractivity contribution in [2.45, 2.75) is 30.4 Å². The molecule has 0 radical (unpaired) electrons. The lowest BCUT2D eigenvalue weighted by Crippen LogP contribution is -2.46. The van der Waals surface area contributed by atoms with Gasteiger partial charge in [-0.2, -0.15) is 0 Å². The van der Waals surface area contributed by atoms with Crippen LogP contribution in [0.15, 0.2) is 83.8 Å². The van der Waals surface area contributed by atoms with Crippen LogP contribution >= 0.6 is 0 Å². The minimum absolute atomic E-state index is 0.0435. The van der Waals surface area contributed by atoms with Crippen molar-refractivity contribution in [3.63, 3.8) is 0 Å². The molecule has 9 heteroatoms. The number of morpholine rings is 1. The summed E-state index contributed by atoms with van der Waals surface area (Å²) in [6, 6.07) is 23.5. The molecule has 2 saturated heterocycles. The van der Waals surface area contributed by atoms with E-state index in [9.17, 15) is 18.3 Å². The van der Waals surface area contributed by atoms with Gasteiger partial charge in [-0.25, -0.2) is 13.2 Å². The maximum Gasteiger partial charge on any atom is 0.343 e. The van der Waals surface area contributed by atoms with Crippen molar-refractivity contribution in [1.29, 1.82) is 0 Å². The Balaban J connectivity index is 1.11. The molecule has 0 saturated carbocycles. The van der Waals surface area contributed by atoms with E-state index in [0.717, 1.165) is 44.6 Å². The largest absolute Gasteiger partial charge is 0.423 e. The van der Waals surface area contributed by atoms with Crippen LogP contribution in [0.5, 0.6) is 5.75 Å². The van der Waals surface area contributed by atoms with Gasteiger partial charge >= 0.3 is 5.97 Å². The first-order valence-corrected chi connectivity index (χ1v) is 15.9. The van der Waals surface area contributed by atoms with Crippen LogP contribution in [0, 0.1) is 5.92 Å². The van der Waals surface area contributed by atoms with Crippen LogP contribution in [-0.4, -0.2) is 87.1 Å². The highest BCUT2D eigenvalue weighted by atomic mass is 32.2. The van der Waals surface area contributed by atoms with E-state index in [-0.39, 0.29) is 22.3 Å². The average Bonchev–Trinajstić information content (AvgIpc) is 2.99. The molecule has 2 aliphatic heterocycles. The summed E-state index contributed by atoms with van der Waals surface area (Å²) in [7, 11) is -3.53. The smallest absolute Gasteiger partial charge is 0.343 e. The Kier molecular flexibility index (Phi) is 9.84. The van der Waals surface area contributed by atoms with Crippen LogP contribution < -0.4 is 4.74 Å². The van der Waals surface area contributed by atoms with E-state index in [1.165, 1.54) is 29.8 Å². The number of piperidine rings is 1. The van der Waals surface area contributed by atoms with Gasteiger partial charge in [0.15, 0.2) is 9.84 Å². The molecule has 1 N–H and O–H groups in total. The van der Waals surface area contributed by atoms with E-state index in [2.05, 4.69) is 17.0 Å². The zero-order valence-electron chi connectivity index (χ0n) is 23.2. The lowest BCUT2D eigenvalue weighted by Gasteiger charge is -2.36. The van der Waals surface area contributed by atoms with Gasteiger partial charge in [-0.05, 0) is 72.8 Å². The highest BCUT2D eigenvalue weighted by Gasteiger charge is 2.28. The Hall–Kier alpha value is -3.08. The fourth-order valence-electron chi connectivity index (χ4n) is 5.47. The van der Waals surface area contributed by atoms with Crippen LogP contribution in [0.25, 0.3) is 0 Å². The molecule has 0 unspecified atom stereocenters. The van der Waals surface area contributed by atoms with E-state index in [4.69, 9.17) is 9.47 Å². The standard InChI is InChI=1S/C32H38N2O6S/c35-31-24-33(14-13-27(31)21-25-5-2-1-3-6-25)17-20-41(37,38)30-11-9-29(10-12-30)40-32(36)28-8-4-7-26(22-28)23-34-15-18-39-19-16-34/h1-12,22,27,31,35H,13-21,23-24H2/t27-,31-/m1/s1. The van der Waals surface area contributed by atoms with Crippen molar-refractivity contribution < 1.29 is 27.8 Å². The molecule has 0 bridgehead atoms. The topological polar surface area (TPSA) is 96.4 Å². The highest BCUT2D eigenvalue weighted by Crippen LogP contribution is 2.23. The zero-order valence-corrected chi connectivity index (χ0v) is 24.0. The fraction of sp³-hybridized carbons (Fsp3) is 0.406. The van der Waals surface area contributed by atoms with Crippen LogP contribution in [-0.2, 0) is 27.5 Å². The first-order chi connectivity index (χ1) is 19.9. The fourth-order valence-corrected chi connectivity index (χ4v) is 6.75. The number of sulfone groups is 1. The molecule has 0 spiro atoms. The zero-order chi connectivity index (χ0) is 28.7. The van der Waals surface area contributed by atoms with Gasteiger partial charge in [-0.15, -0.1) is 0 Å². The molecule has 2 aliphatic rings. The monoisotopic (exact) mass is 578 g/mol. The number of carbonyl (C=O) groups excluding carboxylic acids is 1. The van der Waals surface area contributed by atoms with Crippen LogP contribution in [0.2, 0.25) is 0 Å². The number of aliphatic hydroxyl groups excluding tert-OH is 1. The summed E-state index contributed by atoms with van der Waals surface area (Å²) in [6.07, 6.45) is 1.16. The number of rotatable bonds is 10. The number of carbonyl (C=O) groups is 1. The van der Waals surface area contributed by atoms with Crippen molar-refractivity contribution >= 4 is 15.8 Å². The summed E-state index contributed by atoms with van der Waals surface area (Å²) < 4.78 is 36.9. The van der Waals surface area contributed by atoms with Gasteiger partial charge in [0.2, 0.25) is 0 Å². The number of esters is 1. The summed E-state index contributed by atoms with van der Waals surface area (Å²) in [4.78, 5) is 17.3. The minimum atomic E-state index is -3.53. The highest BCUT2D eigenvalue weighted by molar-refractivity contribution is 7.91. The first kappa shape index (κ1) is 29.4.